The average molecular weight is 502 g/mol. The van der Waals surface area contributed by atoms with Crippen molar-refractivity contribution in [2.45, 2.75) is 9.79 Å². The largest absolute Gasteiger partial charge is 0.339 e. The van der Waals surface area contributed by atoms with Gasteiger partial charge in [-0.1, -0.05) is 5.39 Å². The summed E-state index contributed by atoms with van der Waals surface area (Å²) in [5.74, 6) is 0. The molecule has 0 bridgehead atoms. The zero-order chi connectivity index (χ0) is 14.4. The molecule has 0 amide bonds. The van der Waals surface area contributed by atoms with E-state index in [1.54, 1.807) is 23.5 Å². The van der Waals surface area contributed by atoms with Crippen LogP contribution in [-0.2, 0) is 20.1 Å². The van der Waals surface area contributed by atoms with Crippen molar-refractivity contribution in [1.82, 2.24) is 9.38 Å². The summed E-state index contributed by atoms with van der Waals surface area (Å²) < 4.78 is 2.18. The molecule has 2 aromatic carbocycles. The van der Waals surface area contributed by atoms with Crippen molar-refractivity contribution in [3.8, 4) is 0 Å². The third-order valence-electron chi connectivity index (χ3n) is 3.76. The maximum atomic E-state index is 4.53. The van der Waals surface area contributed by atoms with Gasteiger partial charge in [-0.05, 0) is 30.0 Å². The van der Waals surface area contributed by atoms with E-state index in [0.717, 1.165) is 11.0 Å². The third-order valence-corrected chi connectivity index (χ3v) is 5.21. The van der Waals surface area contributed by atoms with Crippen LogP contribution in [0.15, 0.2) is 52.5 Å². The third kappa shape index (κ3) is 2.28. The van der Waals surface area contributed by atoms with Crippen molar-refractivity contribution in [2.24, 2.45) is 0 Å². The van der Waals surface area contributed by atoms with Gasteiger partial charge in [0.25, 0.3) is 0 Å². The number of hydrogen-bond donors (Lipinski definition) is 0. The molecule has 0 aliphatic rings. The van der Waals surface area contributed by atoms with E-state index in [-0.39, 0.29) is 20.1 Å². The topological polar surface area (TPSA) is 17.3 Å². The SMILES string of the molecule is CSc1cc(SC)c2c(c1)c1ccc[c-]c1c1nccn12.[Ir]. The number of aromatic nitrogens is 2. The van der Waals surface area contributed by atoms with Gasteiger partial charge in [0.2, 0.25) is 0 Å². The second-order valence-electron chi connectivity index (χ2n) is 4.81. The Hall–Kier alpha value is -1.00. The van der Waals surface area contributed by atoms with E-state index in [4.69, 9.17) is 0 Å². The summed E-state index contributed by atoms with van der Waals surface area (Å²) in [5, 5.41) is 3.57. The van der Waals surface area contributed by atoms with Crippen LogP contribution in [0.25, 0.3) is 27.3 Å². The first-order valence-electron chi connectivity index (χ1n) is 6.64. The maximum Gasteiger partial charge on any atom is 0.0608 e. The summed E-state index contributed by atoms with van der Waals surface area (Å²) in [6.45, 7) is 0. The zero-order valence-electron chi connectivity index (χ0n) is 12.1. The van der Waals surface area contributed by atoms with Crippen LogP contribution >= 0.6 is 23.5 Å². The fraction of sp³-hybridized carbons (Fsp3) is 0.118. The Morgan fingerprint density at radius 1 is 1.14 bits per heavy atom. The summed E-state index contributed by atoms with van der Waals surface area (Å²) in [6.07, 6.45) is 8.15. The molecule has 0 atom stereocenters. The fourth-order valence-electron chi connectivity index (χ4n) is 2.82. The van der Waals surface area contributed by atoms with Gasteiger partial charge in [-0.25, -0.2) is 0 Å². The van der Waals surface area contributed by atoms with Crippen LogP contribution in [0.3, 0.4) is 0 Å². The summed E-state index contributed by atoms with van der Waals surface area (Å²) in [6, 6.07) is 14.0. The summed E-state index contributed by atoms with van der Waals surface area (Å²) in [5.41, 5.74) is 2.21. The molecule has 1 radical (unpaired) electrons. The molecule has 4 rings (SSSR count). The minimum absolute atomic E-state index is 0. The first-order valence-corrected chi connectivity index (χ1v) is 9.09. The van der Waals surface area contributed by atoms with E-state index >= 15 is 0 Å². The van der Waals surface area contributed by atoms with Gasteiger partial charge in [0.05, 0.1) is 11.2 Å². The quantitative estimate of drug-likeness (QED) is 0.221. The Bertz CT molecular complexity index is 979. The molecule has 0 N–H and O–H groups in total. The predicted molar refractivity (Wildman–Crippen MR) is 92.6 cm³/mol. The molecule has 2 heterocycles. The van der Waals surface area contributed by atoms with Gasteiger partial charge in [0.15, 0.2) is 0 Å². The van der Waals surface area contributed by atoms with Crippen LogP contribution in [0.4, 0.5) is 0 Å². The standard InChI is InChI=1S/C17H13N2S2.Ir/c1-20-11-9-14-12-5-3-4-6-13(12)17-18-7-8-19(17)16(14)15(10-11)21-2;/h3-5,7-10H,1-2H3;/q-1;. The second-order valence-corrected chi connectivity index (χ2v) is 6.53. The monoisotopic (exact) mass is 502 g/mol. The van der Waals surface area contributed by atoms with E-state index in [1.807, 2.05) is 24.5 Å². The van der Waals surface area contributed by atoms with Gasteiger partial charge in [-0.3, -0.25) is 4.98 Å². The first kappa shape index (κ1) is 15.9. The van der Waals surface area contributed by atoms with Crippen molar-refractivity contribution >= 4 is 50.8 Å². The molecule has 0 saturated carbocycles. The molecule has 4 aromatic rings. The van der Waals surface area contributed by atoms with Crippen molar-refractivity contribution in [1.29, 1.82) is 0 Å². The number of fused-ring (bicyclic) bond motifs is 6. The van der Waals surface area contributed by atoms with E-state index in [9.17, 15) is 0 Å². The fourth-order valence-corrected chi connectivity index (χ4v) is 4.02. The van der Waals surface area contributed by atoms with Crippen molar-refractivity contribution in [3.05, 3.63) is 48.8 Å². The van der Waals surface area contributed by atoms with Gasteiger partial charge in [0, 0.05) is 42.3 Å². The van der Waals surface area contributed by atoms with Crippen LogP contribution < -0.4 is 0 Å². The Labute approximate surface area is 151 Å². The molecule has 22 heavy (non-hydrogen) atoms. The minimum Gasteiger partial charge on any atom is -0.339 e. The molecule has 0 fully saturated rings. The smallest absolute Gasteiger partial charge is 0.0608 e. The number of pyridine rings is 1. The number of thioether (sulfide) groups is 2. The summed E-state index contributed by atoms with van der Waals surface area (Å²) in [7, 11) is 0. The molecule has 0 spiro atoms. The molecular weight excluding hydrogens is 489 g/mol. The molecule has 113 valence electrons. The van der Waals surface area contributed by atoms with Crippen molar-refractivity contribution in [2.75, 3.05) is 12.5 Å². The molecule has 0 unspecified atom stereocenters. The Kier molecular flexibility index (Phi) is 4.51. The van der Waals surface area contributed by atoms with E-state index in [0.29, 0.717) is 0 Å². The van der Waals surface area contributed by atoms with Gasteiger partial charge >= 0.3 is 0 Å². The van der Waals surface area contributed by atoms with Crippen LogP contribution in [0, 0.1) is 6.07 Å². The van der Waals surface area contributed by atoms with Crippen molar-refractivity contribution in [3.63, 3.8) is 0 Å². The molecule has 5 heteroatoms. The zero-order valence-corrected chi connectivity index (χ0v) is 16.1. The van der Waals surface area contributed by atoms with Crippen LogP contribution in [0.1, 0.15) is 0 Å². The number of imidazole rings is 1. The maximum absolute atomic E-state index is 4.53. The summed E-state index contributed by atoms with van der Waals surface area (Å²) in [4.78, 5) is 7.10. The number of hydrogen-bond acceptors (Lipinski definition) is 3. The predicted octanol–water partition coefficient (Wildman–Crippen LogP) is 4.88. The molecule has 0 aliphatic carbocycles. The van der Waals surface area contributed by atoms with E-state index in [2.05, 4.69) is 46.2 Å². The van der Waals surface area contributed by atoms with E-state index in [1.165, 1.54) is 26.1 Å². The normalized spacial score (nSPS) is 11.2. The number of benzene rings is 2. The van der Waals surface area contributed by atoms with Crippen LogP contribution in [0.5, 0.6) is 0 Å². The van der Waals surface area contributed by atoms with Gasteiger partial charge in [0.1, 0.15) is 0 Å². The Balaban J connectivity index is 0.00000144. The molecular formula is C17H13IrN2S2-. The Morgan fingerprint density at radius 3 is 2.77 bits per heavy atom. The summed E-state index contributed by atoms with van der Waals surface area (Å²) >= 11 is 3.56. The number of nitrogens with zero attached hydrogens (tertiary/aromatic N) is 2. The molecule has 2 nitrogen and oxygen atoms in total. The molecule has 0 aliphatic heterocycles. The van der Waals surface area contributed by atoms with Gasteiger partial charge < -0.3 is 4.40 Å². The average Bonchev–Trinajstić information content (AvgIpc) is 3.03. The second kappa shape index (κ2) is 6.25. The van der Waals surface area contributed by atoms with Crippen LogP contribution in [-0.4, -0.2) is 21.9 Å². The molecule has 2 aromatic heterocycles. The van der Waals surface area contributed by atoms with Gasteiger partial charge in [-0.15, -0.1) is 53.2 Å². The van der Waals surface area contributed by atoms with Gasteiger partial charge in [-0.2, -0.15) is 0 Å². The minimum atomic E-state index is 0. The van der Waals surface area contributed by atoms with E-state index < -0.39 is 0 Å². The van der Waals surface area contributed by atoms with Crippen LogP contribution in [0.2, 0.25) is 0 Å². The number of rotatable bonds is 2. The van der Waals surface area contributed by atoms with Crippen molar-refractivity contribution < 1.29 is 20.1 Å². The first-order chi connectivity index (χ1) is 10.3. The molecule has 0 saturated heterocycles. The Morgan fingerprint density at radius 2 is 2.00 bits per heavy atom.